The highest BCUT2D eigenvalue weighted by Crippen LogP contribution is 2.34. The maximum Gasteiger partial charge on any atom is 0.259 e. The van der Waals surface area contributed by atoms with Crippen molar-refractivity contribution in [2.24, 2.45) is 0 Å². The molecular weight excluding hydrogens is 476 g/mol. The maximum absolute atomic E-state index is 13.1. The largest absolute Gasteiger partial charge is 0.496 e. The molecule has 0 aliphatic rings. The number of carbonyl (C=O) groups excluding carboxylic acids is 1. The first-order valence-electron chi connectivity index (χ1n) is 9.90. The number of amides is 1. The Morgan fingerprint density at radius 2 is 2.00 bits per heavy atom. The number of aromatic nitrogens is 4. The lowest BCUT2D eigenvalue weighted by atomic mass is 9.97. The normalized spacial score (nSPS) is 10.4. The van der Waals surface area contributed by atoms with Crippen LogP contribution in [0.5, 0.6) is 11.6 Å². The van der Waals surface area contributed by atoms with E-state index in [0.29, 0.717) is 54.7 Å². The Morgan fingerprint density at radius 3 is 2.74 bits per heavy atom. The third-order valence-corrected chi connectivity index (χ3v) is 5.67. The first kappa shape index (κ1) is 23.1. The van der Waals surface area contributed by atoms with Gasteiger partial charge in [-0.25, -0.2) is 4.98 Å². The van der Waals surface area contributed by atoms with Crippen LogP contribution in [0, 0.1) is 18.3 Å². The summed E-state index contributed by atoms with van der Waals surface area (Å²) >= 11 is 6.99. The number of hydrogen-bond donors (Lipinski definition) is 1. The van der Waals surface area contributed by atoms with Gasteiger partial charge in [-0.05, 0) is 37.3 Å². The summed E-state index contributed by atoms with van der Waals surface area (Å²) in [6.07, 6.45) is 2.97. The smallest absolute Gasteiger partial charge is 0.259 e. The van der Waals surface area contributed by atoms with Gasteiger partial charge in [0.15, 0.2) is 5.01 Å². The molecule has 3 aromatic heterocycles. The van der Waals surface area contributed by atoms with Crippen LogP contribution in [-0.4, -0.2) is 33.2 Å². The quantitative estimate of drug-likeness (QED) is 0.395. The fourth-order valence-electron chi connectivity index (χ4n) is 3.06. The van der Waals surface area contributed by atoms with Crippen molar-refractivity contribution < 1.29 is 14.3 Å². The SMILES string of the molecule is COc1ccc(C#N)cc1-c1cc(C)ncc1C(=O)Nc1nnc(COc2ccc(Cl)cn2)s1. The van der Waals surface area contributed by atoms with E-state index in [1.54, 1.807) is 36.4 Å². The minimum atomic E-state index is -0.421. The molecule has 0 unspecified atom stereocenters. The Balaban J connectivity index is 1.55. The summed E-state index contributed by atoms with van der Waals surface area (Å²) in [5, 5.41) is 21.5. The molecule has 1 aromatic carbocycles. The molecule has 0 spiro atoms. The fourth-order valence-corrected chi connectivity index (χ4v) is 3.82. The molecule has 0 aliphatic carbocycles. The van der Waals surface area contributed by atoms with E-state index in [-0.39, 0.29) is 6.61 Å². The number of nitriles is 1. The highest BCUT2D eigenvalue weighted by molar-refractivity contribution is 7.15. The summed E-state index contributed by atoms with van der Waals surface area (Å²) < 4.78 is 11.0. The highest BCUT2D eigenvalue weighted by Gasteiger charge is 2.19. The van der Waals surface area contributed by atoms with Gasteiger partial charge >= 0.3 is 0 Å². The first-order valence-corrected chi connectivity index (χ1v) is 11.1. The van der Waals surface area contributed by atoms with Crippen molar-refractivity contribution in [3.63, 3.8) is 0 Å². The number of carbonyl (C=O) groups is 1. The monoisotopic (exact) mass is 492 g/mol. The summed E-state index contributed by atoms with van der Waals surface area (Å²) in [5.41, 5.74) is 2.65. The van der Waals surface area contributed by atoms with Gasteiger partial charge < -0.3 is 9.47 Å². The zero-order chi connectivity index (χ0) is 24.1. The molecule has 34 heavy (non-hydrogen) atoms. The van der Waals surface area contributed by atoms with Gasteiger partial charge in [-0.3, -0.25) is 15.1 Å². The molecule has 0 atom stereocenters. The second-order valence-electron chi connectivity index (χ2n) is 6.96. The molecule has 11 heteroatoms. The van der Waals surface area contributed by atoms with E-state index in [0.717, 1.165) is 0 Å². The van der Waals surface area contributed by atoms with Crippen molar-refractivity contribution in [3.8, 4) is 28.8 Å². The number of nitrogens with zero attached hydrogens (tertiary/aromatic N) is 5. The number of ether oxygens (including phenoxy) is 2. The van der Waals surface area contributed by atoms with Gasteiger partial charge in [0.2, 0.25) is 11.0 Å². The van der Waals surface area contributed by atoms with Gasteiger partial charge in [0.25, 0.3) is 5.91 Å². The van der Waals surface area contributed by atoms with E-state index in [1.165, 1.54) is 30.8 Å². The molecule has 1 N–H and O–H groups in total. The summed E-state index contributed by atoms with van der Waals surface area (Å²) in [4.78, 5) is 21.4. The van der Waals surface area contributed by atoms with E-state index in [2.05, 4.69) is 31.6 Å². The van der Waals surface area contributed by atoms with Crippen LogP contribution in [0.4, 0.5) is 5.13 Å². The number of methoxy groups -OCH3 is 1. The molecular formula is C23H17ClN6O3S. The Hall–Kier alpha value is -4.07. The van der Waals surface area contributed by atoms with Crippen LogP contribution >= 0.6 is 22.9 Å². The number of halogens is 1. The topological polar surface area (TPSA) is 123 Å². The van der Waals surface area contributed by atoms with Gasteiger partial charge in [0, 0.05) is 35.3 Å². The Labute approximate surface area is 204 Å². The van der Waals surface area contributed by atoms with Crippen LogP contribution in [0.3, 0.4) is 0 Å². The lowest BCUT2D eigenvalue weighted by Gasteiger charge is -2.13. The minimum Gasteiger partial charge on any atom is -0.496 e. The first-order chi connectivity index (χ1) is 16.5. The molecule has 170 valence electrons. The van der Waals surface area contributed by atoms with Gasteiger partial charge in [-0.2, -0.15) is 5.26 Å². The lowest BCUT2D eigenvalue weighted by Crippen LogP contribution is -2.14. The molecule has 0 radical (unpaired) electrons. The fraction of sp³-hybridized carbons (Fsp3) is 0.130. The molecule has 3 heterocycles. The molecule has 0 fully saturated rings. The number of rotatable bonds is 7. The molecule has 1 amide bonds. The van der Waals surface area contributed by atoms with Gasteiger partial charge in [0.05, 0.1) is 29.3 Å². The Kier molecular flexibility index (Phi) is 6.96. The van der Waals surface area contributed by atoms with E-state index < -0.39 is 5.91 Å². The molecule has 4 rings (SSSR count). The Morgan fingerprint density at radius 1 is 1.15 bits per heavy atom. The number of pyridine rings is 2. The average molecular weight is 493 g/mol. The third kappa shape index (κ3) is 5.28. The molecule has 9 nitrogen and oxygen atoms in total. The van der Waals surface area contributed by atoms with Crippen molar-refractivity contribution in [2.75, 3.05) is 12.4 Å². The standard InChI is InChI=1S/C23H17ClN6O3S/c1-13-7-16(17-8-14(9-25)3-5-19(17)32-2)18(11-26-13)22(31)28-23-30-29-21(34-23)12-33-20-6-4-15(24)10-27-20/h3-8,10-11H,12H2,1-2H3,(H,28,30,31). The summed E-state index contributed by atoms with van der Waals surface area (Å²) in [6, 6.07) is 12.2. The van der Waals surface area contributed by atoms with Crippen LogP contribution in [-0.2, 0) is 6.61 Å². The van der Waals surface area contributed by atoms with E-state index in [9.17, 15) is 10.1 Å². The minimum absolute atomic E-state index is 0.137. The maximum atomic E-state index is 13.1. The van der Waals surface area contributed by atoms with E-state index in [1.807, 2.05) is 6.92 Å². The van der Waals surface area contributed by atoms with Crippen molar-refractivity contribution in [1.29, 1.82) is 5.26 Å². The average Bonchev–Trinajstić information content (AvgIpc) is 3.30. The predicted octanol–water partition coefficient (Wildman–Crippen LogP) is 4.67. The van der Waals surface area contributed by atoms with Crippen LogP contribution < -0.4 is 14.8 Å². The number of nitrogens with one attached hydrogen (secondary N) is 1. The summed E-state index contributed by atoms with van der Waals surface area (Å²) in [5.74, 6) is 0.508. The van der Waals surface area contributed by atoms with Crippen LogP contribution in [0.1, 0.15) is 26.6 Å². The van der Waals surface area contributed by atoms with E-state index in [4.69, 9.17) is 21.1 Å². The zero-order valence-corrected chi connectivity index (χ0v) is 19.6. The molecule has 0 saturated heterocycles. The molecule has 0 bridgehead atoms. The van der Waals surface area contributed by atoms with Crippen molar-refractivity contribution in [1.82, 2.24) is 20.2 Å². The van der Waals surface area contributed by atoms with Gasteiger partial charge in [-0.15, -0.1) is 10.2 Å². The highest BCUT2D eigenvalue weighted by atomic mass is 35.5. The van der Waals surface area contributed by atoms with E-state index >= 15 is 0 Å². The number of benzene rings is 1. The van der Waals surface area contributed by atoms with Gasteiger partial charge in [0.1, 0.15) is 12.4 Å². The van der Waals surface area contributed by atoms with Crippen molar-refractivity contribution in [3.05, 3.63) is 75.6 Å². The number of anilines is 1. The second-order valence-corrected chi connectivity index (χ2v) is 8.46. The predicted molar refractivity (Wildman–Crippen MR) is 127 cm³/mol. The molecule has 4 aromatic rings. The molecule has 0 aliphatic heterocycles. The van der Waals surface area contributed by atoms with Crippen molar-refractivity contribution >= 4 is 34.0 Å². The Bertz CT molecular complexity index is 1380. The number of hydrogen-bond acceptors (Lipinski definition) is 9. The van der Waals surface area contributed by atoms with Crippen molar-refractivity contribution in [2.45, 2.75) is 13.5 Å². The van der Waals surface area contributed by atoms with Crippen LogP contribution in [0.25, 0.3) is 11.1 Å². The number of aryl methyl sites for hydroxylation is 1. The van der Waals surface area contributed by atoms with Crippen LogP contribution in [0.2, 0.25) is 5.02 Å². The lowest BCUT2D eigenvalue weighted by molar-refractivity contribution is 0.102. The second kappa shape index (κ2) is 10.2. The van der Waals surface area contributed by atoms with Gasteiger partial charge in [-0.1, -0.05) is 22.9 Å². The molecule has 0 saturated carbocycles. The third-order valence-electron chi connectivity index (χ3n) is 4.64. The summed E-state index contributed by atoms with van der Waals surface area (Å²) in [6.45, 7) is 1.95. The zero-order valence-electron chi connectivity index (χ0n) is 18.1. The summed E-state index contributed by atoms with van der Waals surface area (Å²) in [7, 11) is 1.53. The van der Waals surface area contributed by atoms with Crippen LogP contribution in [0.15, 0.2) is 48.8 Å².